The first kappa shape index (κ1) is 9.43. The Morgan fingerprint density at radius 2 is 2.31 bits per heavy atom. The van der Waals surface area contributed by atoms with Crippen LogP contribution in [0.3, 0.4) is 0 Å². The summed E-state index contributed by atoms with van der Waals surface area (Å²) in [5.41, 5.74) is 0. The topological polar surface area (TPSA) is 17.8 Å². The molecule has 0 bridgehead atoms. The highest BCUT2D eigenvalue weighted by molar-refractivity contribution is 9.10. The van der Waals surface area contributed by atoms with Gasteiger partial charge in [0.1, 0.15) is 0 Å². The lowest BCUT2D eigenvalue weighted by Crippen LogP contribution is -1.97. The zero-order valence-electron chi connectivity index (χ0n) is 6.58. The van der Waals surface area contributed by atoms with E-state index in [9.17, 15) is 0 Å². The van der Waals surface area contributed by atoms with Crippen molar-refractivity contribution >= 4 is 43.2 Å². The first-order chi connectivity index (χ1) is 6.25. The molecule has 5 heteroatoms. The monoisotopic (exact) mass is 320 g/mol. The molecule has 0 aromatic carbocycles. The predicted octanol–water partition coefficient (Wildman–Crippen LogP) is 3.52. The summed E-state index contributed by atoms with van der Waals surface area (Å²) in [6, 6.07) is 2.05. The molecule has 0 aliphatic carbocycles. The van der Waals surface area contributed by atoms with Crippen molar-refractivity contribution in [1.82, 2.24) is 9.78 Å². The number of hydrogen-bond donors (Lipinski definition) is 0. The van der Waals surface area contributed by atoms with Crippen molar-refractivity contribution in [3.63, 3.8) is 0 Å². The Labute approximate surface area is 96.8 Å². The van der Waals surface area contributed by atoms with E-state index in [4.69, 9.17) is 0 Å². The first-order valence-electron chi connectivity index (χ1n) is 3.65. The molecule has 0 atom stereocenters. The molecule has 0 amide bonds. The van der Waals surface area contributed by atoms with Gasteiger partial charge in [-0.05, 0) is 43.3 Å². The quantitative estimate of drug-likeness (QED) is 0.827. The standard InChI is InChI=1S/C8H6Br2N2S/c9-6-3-11-12(4-6)5-8-7(10)1-2-13-8/h1-4H,5H2. The van der Waals surface area contributed by atoms with Crippen LogP contribution in [0.2, 0.25) is 0 Å². The lowest BCUT2D eigenvalue weighted by Gasteiger charge is -1.98. The number of aromatic nitrogens is 2. The largest absolute Gasteiger partial charge is 0.266 e. The van der Waals surface area contributed by atoms with Crippen LogP contribution in [0.25, 0.3) is 0 Å². The zero-order valence-corrected chi connectivity index (χ0v) is 10.6. The fraction of sp³-hybridized carbons (Fsp3) is 0.125. The minimum Gasteiger partial charge on any atom is -0.266 e. The predicted molar refractivity (Wildman–Crippen MR) is 61.0 cm³/mol. The van der Waals surface area contributed by atoms with Gasteiger partial charge < -0.3 is 0 Å². The van der Waals surface area contributed by atoms with Gasteiger partial charge in [0.2, 0.25) is 0 Å². The average Bonchev–Trinajstić information content (AvgIpc) is 2.64. The molecule has 0 N–H and O–H groups in total. The van der Waals surface area contributed by atoms with Gasteiger partial charge in [0.15, 0.2) is 0 Å². The summed E-state index contributed by atoms with van der Waals surface area (Å²) in [5, 5.41) is 6.25. The summed E-state index contributed by atoms with van der Waals surface area (Å²) >= 11 is 8.58. The van der Waals surface area contributed by atoms with Crippen molar-refractivity contribution in [3.05, 3.63) is 37.7 Å². The second kappa shape index (κ2) is 3.94. The fourth-order valence-corrected chi connectivity index (χ4v) is 2.81. The van der Waals surface area contributed by atoms with Gasteiger partial charge in [-0.3, -0.25) is 4.68 Å². The molecular weight excluding hydrogens is 316 g/mol. The molecule has 2 heterocycles. The maximum absolute atomic E-state index is 4.19. The third-order valence-corrected chi connectivity index (χ3v) is 3.92. The van der Waals surface area contributed by atoms with Crippen LogP contribution < -0.4 is 0 Å². The molecule has 68 valence electrons. The van der Waals surface area contributed by atoms with Crippen LogP contribution in [-0.2, 0) is 6.54 Å². The molecule has 2 aromatic rings. The molecule has 0 radical (unpaired) electrons. The Bertz CT molecular complexity index is 408. The second-order valence-electron chi connectivity index (χ2n) is 2.55. The van der Waals surface area contributed by atoms with Crippen LogP contribution in [0.15, 0.2) is 32.8 Å². The fourth-order valence-electron chi connectivity index (χ4n) is 1.01. The van der Waals surface area contributed by atoms with Crippen molar-refractivity contribution in [2.24, 2.45) is 0 Å². The Balaban J connectivity index is 2.19. The highest BCUT2D eigenvalue weighted by Crippen LogP contribution is 2.23. The van der Waals surface area contributed by atoms with Gasteiger partial charge in [0, 0.05) is 15.5 Å². The van der Waals surface area contributed by atoms with Crippen LogP contribution >= 0.6 is 43.2 Å². The molecule has 0 saturated heterocycles. The van der Waals surface area contributed by atoms with Gasteiger partial charge >= 0.3 is 0 Å². The van der Waals surface area contributed by atoms with Gasteiger partial charge in [-0.2, -0.15) is 5.10 Å². The summed E-state index contributed by atoms with van der Waals surface area (Å²) in [6.07, 6.45) is 3.76. The minimum atomic E-state index is 0.823. The summed E-state index contributed by atoms with van der Waals surface area (Å²) in [5.74, 6) is 0. The molecule has 2 nitrogen and oxygen atoms in total. The average molecular weight is 322 g/mol. The van der Waals surface area contributed by atoms with Gasteiger partial charge in [-0.15, -0.1) is 11.3 Å². The smallest absolute Gasteiger partial charge is 0.0764 e. The number of thiophene rings is 1. The minimum absolute atomic E-state index is 0.823. The van der Waals surface area contributed by atoms with Gasteiger partial charge in [0.05, 0.1) is 17.2 Å². The van der Waals surface area contributed by atoms with Crippen molar-refractivity contribution in [2.75, 3.05) is 0 Å². The Hall–Kier alpha value is -0.130. The maximum atomic E-state index is 4.19. The van der Waals surface area contributed by atoms with E-state index < -0.39 is 0 Å². The SMILES string of the molecule is Brc1cnn(Cc2sccc2Br)c1. The molecule has 0 unspecified atom stereocenters. The van der Waals surface area contributed by atoms with Crippen molar-refractivity contribution in [2.45, 2.75) is 6.54 Å². The third kappa shape index (κ3) is 2.21. The van der Waals surface area contributed by atoms with Crippen molar-refractivity contribution in [1.29, 1.82) is 0 Å². The normalized spacial score (nSPS) is 10.6. The van der Waals surface area contributed by atoms with Gasteiger partial charge in [-0.25, -0.2) is 0 Å². The van der Waals surface area contributed by atoms with E-state index in [1.807, 2.05) is 10.9 Å². The van der Waals surface area contributed by atoms with E-state index in [1.54, 1.807) is 17.5 Å². The molecule has 0 fully saturated rings. The molecule has 13 heavy (non-hydrogen) atoms. The molecule has 0 aliphatic heterocycles. The van der Waals surface area contributed by atoms with E-state index in [0.717, 1.165) is 15.5 Å². The van der Waals surface area contributed by atoms with Crippen LogP contribution in [0.1, 0.15) is 4.88 Å². The van der Waals surface area contributed by atoms with E-state index in [0.29, 0.717) is 0 Å². The summed E-state index contributed by atoms with van der Waals surface area (Å²) < 4.78 is 4.07. The van der Waals surface area contributed by atoms with E-state index in [2.05, 4.69) is 48.4 Å². The highest BCUT2D eigenvalue weighted by atomic mass is 79.9. The molecule has 2 aromatic heterocycles. The molecule has 2 rings (SSSR count). The maximum Gasteiger partial charge on any atom is 0.0764 e. The van der Waals surface area contributed by atoms with Gasteiger partial charge in [0.25, 0.3) is 0 Å². The summed E-state index contributed by atoms with van der Waals surface area (Å²) in [6.45, 7) is 0.823. The molecule has 0 spiro atoms. The molecule has 0 aliphatic rings. The van der Waals surface area contributed by atoms with Crippen molar-refractivity contribution in [3.8, 4) is 0 Å². The second-order valence-corrected chi connectivity index (χ2v) is 5.32. The van der Waals surface area contributed by atoms with Crippen LogP contribution in [0, 0.1) is 0 Å². The molecule has 0 saturated carbocycles. The van der Waals surface area contributed by atoms with Crippen LogP contribution in [0.4, 0.5) is 0 Å². The lowest BCUT2D eigenvalue weighted by molar-refractivity contribution is 0.693. The first-order valence-corrected chi connectivity index (χ1v) is 6.12. The van der Waals surface area contributed by atoms with E-state index >= 15 is 0 Å². The number of hydrogen-bond acceptors (Lipinski definition) is 2. The summed E-state index contributed by atoms with van der Waals surface area (Å²) in [4.78, 5) is 1.29. The van der Waals surface area contributed by atoms with Crippen LogP contribution in [-0.4, -0.2) is 9.78 Å². The molecular formula is C8H6Br2N2S. The Kier molecular flexibility index (Phi) is 2.86. The highest BCUT2D eigenvalue weighted by Gasteiger charge is 2.02. The van der Waals surface area contributed by atoms with Gasteiger partial charge in [-0.1, -0.05) is 0 Å². The number of halogens is 2. The Morgan fingerprint density at radius 3 is 2.85 bits per heavy atom. The van der Waals surface area contributed by atoms with Crippen molar-refractivity contribution < 1.29 is 0 Å². The Morgan fingerprint density at radius 1 is 1.46 bits per heavy atom. The van der Waals surface area contributed by atoms with E-state index in [-0.39, 0.29) is 0 Å². The summed E-state index contributed by atoms with van der Waals surface area (Å²) in [7, 11) is 0. The van der Waals surface area contributed by atoms with Crippen LogP contribution in [0.5, 0.6) is 0 Å². The zero-order chi connectivity index (χ0) is 9.26. The number of nitrogens with zero attached hydrogens (tertiary/aromatic N) is 2. The number of rotatable bonds is 2. The third-order valence-electron chi connectivity index (χ3n) is 1.60. The lowest BCUT2D eigenvalue weighted by atomic mass is 10.5. The van der Waals surface area contributed by atoms with E-state index in [1.165, 1.54) is 4.88 Å².